The second-order valence-electron chi connectivity index (χ2n) is 7.70. The molecule has 132 valence electrons. The molecule has 0 aromatic heterocycles. The average molecular weight is 349 g/mol. The number of benzene rings is 1. The Balaban J connectivity index is 1.55. The number of carbonyl (C=O) groups is 1. The summed E-state index contributed by atoms with van der Waals surface area (Å²) in [6.45, 7) is 7.40. The van der Waals surface area contributed by atoms with E-state index in [2.05, 4.69) is 20.8 Å². The number of carbonyl (C=O) groups excluding carboxylic acids is 1. The highest BCUT2D eigenvalue weighted by molar-refractivity contribution is 8.01. The molecule has 0 unspecified atom stereocenters. The first-order valence-corrected chi connectivity index (χ1v) is 9.81. The van der Waals surface area contributed by atoms with E-state index < -0.39 is 0 Å². The van der Waals surface area contributed by atoms with Gasteiger partial charge in [0.25, 0.3) is 0 Å². The van der Waals surface area contributed by atoms with E-state index in [-0.39, 0.29) is 28.7 Å². The number of hydrogen-bond acceptors (Lipinski definition) is 4. The Labute approximate surface area is 149 Å². The highest BCUT2D eigenvalue weighted by Gasteiger charge is 2.48. The third kappa shape index (κ3) is 4.22. The third-order valence-electron chi connectivity index (χ3n) is 5.27. The van der Waals surface area contributed by atoms with E-state index in [4.69, 9.17) is 9.47 Å². The van der Waals surface area contributed by atoms with E-state index >= 15 is 0 Å². The Bertz CT molecular complexity index is 557. The minimum Gasteiger partial charge on any atom is -0.369 e. The fourth-order valence-electron chi connectivity index (χ4n) is 3.88. The van der Waals surface area contributed by atoms with Crippen LogP contribution in [0.2, 0.25) is 0 Å². The van der Waals surface area contributed by atoms with Crippen LogP contribution in [0.25, 0.3) is 0 Å². The van der Waals surface area contributed by atoms with Crippen molar-refractivity contribution in [3.8, 4) is 0 Å². The molecule has 24 heavy (non-hydrogen) atoms. The van der Waals surface area contributed by atoms with Crippen molar-refractivity contribution in [2.75, 3.05) is 6.61 Å². The molecule has 4 atom stereocenters. The molecular formula is C20H28O3S. The zero-order valence-electron chi connectivity index (χ0n) is 14.9. The van der Waals surface area contributed by atoms with Crippen molar-refractivity contribution in [1.82, 2.24) is 0 Å². The van der Waals surface area contributed by atoms with Gasteiger partial charge >= 0.3 is 0 Å². The van der Waals surface area contributed by atoms with Gasteiger partial charge in [-0.2, -0.15) is 0 Å². The summed E-state index contributed by atoms with van der Waals surface area (Å²) in [5.41, 5.74) is 0.700. The lowest BCUT2D eigenvalue weighted by molar-refractivity contribution is -0.139. The zero-order valence-corrected chi connectivity index (χ0v) is 15.7. The number of rotatable bonds is 5. The standard InChI is InChI=1S/C20H28O3S/c1-14-9-10-16-18(11-14)23-19(24-20(16,2)3)17(21)13-22-12-15-7-5-4-6-8-15/h4-8,14,16,18-19H,9-13H2,1-3H3/t14-,16-,18-,19-/m1/s1. The first-order valence-electron chi connectivity index (χ1n) is 8.93. The number of ketones is 1. The number of hydrogen-bond donors (Lipinski definition) is 0. The molecule has 0 bridgehead atoms. The van der Waals surface area contributed by atoms with Crippen molar-refractivity contribution in [3.63, 3.8) is 0 Å². The minimum atomic E-state index is -0.387. The second-order valence-corrected chi connectivity index (χ2v) is 9.41. The molecule has 2 aliphatic rings. The molecule has 1 aliphatic carbocycles. The molecule has 1 saturated heterocycles. The highest BCUT2D eigenvalue weighted by Crippen LogP contribution is 2.50. The van der Waals surface area contributed by atoms with Crippen molar-refractivity contribution in [2.24, 2.45) is 11.8 Å². The van der Waals surface area contributed by atoms with Crippen LogP contribution in [-0.4, -0.2) is 28.7 Å². The number of thioether (sulfide) groups is 1. The van der Waals surface area contributed by atoms with Gasteiger partial charge in [-0.3, -0.25) is 4.79 Å². The summed E-state index contributed by atoms with van der Waals surface area (Å²) in [6, 6.07) is 9.95. The maximum Gasteiger partial charge on any atom is 0.197 e. The summed E-state index contributed by atoms with van der Waals surface area (Å²) in [5, 5.41) is 0. The lowest BCUT2D eigenvalue weighted by atomic mass is 9.75. The molecule has 0 N–H and O–H groups in total. The van der Waals surface area contributed by atoms with E-state index in [1.54, 1.807) is 11.8 Å². The average Bonchev–Trinajstić information content (AvgIpc) is 2.54. The van der Waals surface area contributed by atoms with Crippen LogP contribution in [0.15, 0.2) is 30.3 Å². The Morgan fingerprint density at radius 2 is 2.04 bits per heavy atom. The summed E-state index contributed by atoms with van der Waals surface area (Å²) in [6.07, 6.45) is 3.77. The molecule has 1 aromatic carbocycles. The molecule has 1 heterocycles. The summed E-state index contributed by atoms with van der Waals surface area (Å²) in [7, 11) is 0. The van der Waals surface area contributed by atoms with E-state index in [1.807, 2.05) is 30.3 Å². The molecule has 3 nitrogen and oxygen atoms in total. The fourth-order valence-corrected chi connectivity index (χ4v) is 5.27. The van der Waals surface area contributed by atoms with E-state index in [0.29, 0.717) is 18.4 Å². The molecule has 2 fully saturated rings. The van der Waals surface area contributed by atoms with Crippen molar-refractivity contribution in [2.45, 2.75) is 62.9 Å². The summed E-state index contributed by atoms with van der Waals surface area (Å²) < 4.78 is 11.9. The van der Waals surface area contributed by atoms with Crippen molar-refractivity contribution in [1.29, 1.82) is 0 Å². The quantitative estimate of drug-likeness (QED) is 0.788. The van der Waals surface area contributed by atoms with Gasteiger partial charge in [-0.1, -0.05) is 57.5 Å². The van der Waals surface area contributed by atoms with Gasteiger partial charge in [-0.15, -0.1) is 11.8 Å². The normalized spacial score (nSPS) is 32.1. The van der Waals surface area contributed by atoms with Gasteiger partial charge in [0.1, 0.15) is 6.61 Å². The van der Waals surface area contributed by atoms with Gasteiger partial charge in [0, 0.05) is 4.75 Å². The van der Waals surface area contributed by atoms with E-state index in [0.717, 1.165) is 12.0 Å². The van der Waals surface area contributed by atoms with Crippen LogP contribution in [0.3, 0.4) is 0 Å². The Kier molecular flexibility index (Phi) is 5.68. The Morgan fingerprint density at radius 3 is 2.79 bits per heavy atom. The zero-order chi connectivity index (χ0) is 17.2. The highest BCUT2D eigenvalue weighted by atomic mass is 32.2. The van der Waals surface area contributed by atoms with Crippen molar-refractivity contribution >= 4 is 17.5 Å². The predicted octanol–water partition coefficient (Wildman–Crippen LogP) is 4.45. The molecule has 4 heteroatoms. The predicted molar refractivity (Wildman–Crippen MR) is 97.9 cm³/mol. The number of fused-ring (bicyclic) bond motifs is 1. The molecule has 3 rings (SSSR count). The fraction of sp³-hybridized carbons (Fsp3) is 0.650. The van der Waals surface area contributed by atoms with Gasteiger partial charge < -0.3 is 9.47 Å². The van der Waals surface area contributed by atoms with Crippen molar-refractivity contribution < 1.29 is 14.3 Å². The van der Waals surface area contributed by atoms with Gasteiger partial charge in [-0.25, -0.2) is 0 Å². The molecule has 1 aromatic rings. The number of Topliss-reactive ketones (excluding diaryl/α,β-unsaturated/α-hetero) is 1. The second kappa shape index (κ2) is 7.59. The lowest BCUT2D eigenvalue weighted by Gasteiger charge is -2.49. The van der Waals surface area contributed by atoms with Gasteiger partial charge in [0.2, 0.25) is 0 Å². The lowest BCUT2D eigenvalue weighted by Crippen LogP contribution is -2.51. The van der Waals surface area contributed by atoms with Crippen molar-refractivity contribution in [3.05, 3.63) is 35.9 Å². The van der Waals surface area contributed by atoms with Crippen LogP contribution < -0.4 is 0 Å². The molecule has 1 aliphatic heterocycles. The molecular weight excluding hydrogens is 320 g/mol. The van der Waals surface area contributed by atoms with Crippen LogP contribution >= 0.6 is 11.8 Å². The summed E-state index contributed by atoms with van der Waals surface area (Å²) in [4.78, 5) is 12.6. The molecule has 1 saturated carbocycles. The van der Waals surface area contributed by atoms with Crippen LogP contribution in [0.4, 0.5) is 0 Å². The SMILES string of the molecule is C[C@@H]1CC[C@@H]2[C@@H](C1)O[C@@H](C(=O)COCc1ccccc1)SC2(C)C. The van der Waals surface area contributed by atoms with Crippen LogP contribution in [0.1, 0.15) is 45.6 Å². The van der Waals surface area contributed by atoms with Gasteiger partial charge in [-0.05, 0) is 30.2 Å². The Morgan fingerprint density at radius 1 is 1.29 bits per heavy atom. The van der Waals surface area contributed by atoms with Crippen LogP contribution in [0, 0.1) is 11.8 Å². The van der Waals surface area contributed by atoms with E-state index in [1.165, 1.54) is 12.8 Å². The van der Waals surface area contributed by atoms with Crippen LogP contribution in [-0.2, 0) is 20.9 Å². The van der Waals surface area contributed by atoms with Gasteiger partial charge in [0.15, 0.2) is 11.2 Å². The summed E-state index contributed by atoms with van der Waals surface area (Å²) >= 11 is 1.68. The first kappa shape index (κ1) is 18.0. The molecule has 0 amide bonds. The smallest absolute Gasteiger partial charge is 0.197 e. The monoisotopic (exact) mass is 348 g/mol. The first-order chi connectivity index (χ1) is 11.5. The van der Waals surface area contributed by atoms with E-state index in [9.17, 15) is 4.79 Å². The number of ether oxygens (including phenoxy) is 2. The van der Waals surface area contributed by atoms with Crippen LogP contribution in [0.5, 0.6) is 0 Å². The third-order valence-corrected chi connectivity index (χ3v) is 6.77. The summed E-state index contributed by atoms with van der Waals surface area (Å²) in [5.74, 6) is 1.30. The minimum absolute atomic E-state index is 0.0562. The van der Waals surface area contributed by atoms with Gasteiger partial charge in [0.05, 0.1) is 12.7 Å². The maximum atomic E-state index is 12.6. The molecule has 0 spiro atoms. The largest absolute Gasteiger partial charge is 0.369 e. The molecule has 0 radical (unpaired) electrons. The Hall–Kier alpha value is -0.840. The topological polar surface area (TPSA) is 35.5 Å². The maximum absolute atomic E-state index is 12.6.